The summed E-state index contributed by atoms with van der Waals surface area (Å²) < 4.78 is 10.7. The van der Waals surface area contributed by atoms with Crippen molar-refractivity contribution in [3.05, 3.63) is 58.2 Å². The van der Waals surface area contributed by atoms with Gasteiger partial charge in [0.25, 0.3) is 0 Å². The minimum absolute atomic E-state index is 0.0657. The number of Topliss-reactive ketones (excluding diaryl/α,β-unsaturated/α-hetero) is 2. The van der Waals surface area contributed by atoms with Gasteiger partial charge in [-0.05, 0) is 38.0 Å². The summed E-state index contributed by atoms with van der Waals surface area (Å²) in [5.74, 6) is 0.737. The first-order valence-corrected chi connectivity index (χ1v) is 15.0. The summed E-state index contributed by atoms with van der Waals surface area (Å²) >= 11 is 1.87. The zero-order valence-electron chi connectivity index (χ0n) is 24.2. The van der Waals surface area contributed by atoms with Crippen LogP contribution in [0.25, 0.3) is 0 Å². The minimum Gasteiger partial charge on any atom is -0.466 e. The lowest BCUT2D eigenvalue weighted by Gasteiger charge is -2.31. The number of aliphatic hydroxyl groups is 1. The van der Waals surface area contributed by atoms with E-state index in [2.05, 4.69) is 17.4 Å². The smallest absolute Gasteiger partial charge is 0.306 e. The molecule has 9 heteroatoms. The number of aliphatic hydroxyl groups excluding tert-OH is 1. The first-order chi connectivity index (χ1) is 19.1. The second-order valence-corrected chi connectivity index (χ2v) is 11.6. The Kier molecular flexibility index (Phi) is 14.3. The average molecular weight is 574 g/mol. The highest BCUT2D eigenvalue weighted by molar-refractivity contribution is 7.98. The quantitative estimate of drug-likeness (QED) is 0.151. The van der Waals surface area contributed by atoms with Crippen LogP contribution in [0.3, 0.4) is 0 Å². The van der Waals surface area contributed by atoms with Crippen molar-refractivity contribution in [2.45, 2.75) is 65.6 Å². The Morgan fingerprint density at radius 3 is 2.40 bits per heavy atom. The fourth-order valence-corrected chi connectivity index (χ4v) is 5.49. The summed E-state index contributed by atoms with van der Waals surface area (Å²) in [4.78, 5) is 51.0. The Hall–Kier alpha value is -2.75. The van der Waals surface area contributed by atoms with Crippen molar-refractivity contribution in [3.63, 3.8) is 0 Å². The van der Waals surface area contributed by atoms with Gasteiger partial charge in [0.1, 0.15) is 0 Å². The van der Waals surface area contributed by atoms with Crippen LogP contribution >= 0.6 is 11.8 Å². The topological polar surface area (TPSA) is 119 Å². The van der Waals surface area contributed by atoms with Crippen molar-refractivity contribution >= 4 is 35.2 Å². The number of nitrogens with one attached hydrogen (secondary N) is 1. The standard InChI is InChI=1S/C31H43NO7S/c1-22-25(29(36)23(2)28(30(22)37)31(3,4)20-27(35)39-17-8-15-33)12-13-26(34)32-14-18-38-16-9-19-40-21-24-10-6-5-7-11-24/h5-7,10-11,33H,8-9,12-21H2,1-4H3,(H,32,34). The molecule has 1 aromatic carbocycles. The van der Waals surface area contributed by atoms with Crippen LogP contribution in [0.4, 0.5) is 0 Å². The largest absolute Gasteiger partial charge is 0.466 e. The molecular weight excluding hydrogens is 530 g/mol. The fraction of sp³-hybridized carbons (Fsp3) is 0.548. The summed E-state index contributed by atoms with van der Waals surface area (Å²) in [6.45, 7) is 8.11. The van der Waals surface area contributed by atoms with Crippen molar-refractivity contribution < 1.29 is 33.8 Å². The number of carbonyl (C=O) groups is 4. The molecule has 0 bridgehead atoms. The fourth-order valence-electron chi connectivity index (χ4n) is 4.59. The molecule has 0 heterocycles. The van der Waals surface area contributed by atoms with E-state index in [4.69, 9.17) is 14.6 Å². The van der Waals surface area contributed by atoms with E-state index in [0.29, 0.717) is 48.5 Å². The van der Waals surface area contributed by atoms with E-state index in [1.165, 1.54) is 5.56 Å². The summed E-state index contributed by atoms with van der Waals surface area (Å²) in [5, 5.41) is 11.7. The normalized spacial score (nSPS) is 14.1. The number of ketones is 2. The predicted molar refractivity (Wildman–Crippen MR) is 157 cm³/mol. The number of thioether (sulfide) groups is 1. The SMILES string of the molecule is CC1=C(CCC(=O)NCCOCCCSCc2ccccc2)C(=O)C(C)=C(C(C)(C)CC(=O)OCCCO)C1=O. The third-order valence-electron chi connectivity index (χ3n) is 6.70. The number of hydrogen-bond donors (Lipinski definition) is 2. The van der Waals surface area contributed by atoms with Crippen molar-refractivity contribution in [2.24, 2.45) is 5.41 Å². The van der Waals surface area contributed by atoms with Crippen LogP contribution in [0.15, 0.2) is 52.6 Å². The van der Waals surface area contributed by atoms with E-state index in [1.807, 2.05) is 30.0 Å². The van der Waals surface area contributed by atoms with Crippen LogP contribution in [-0.2, 0) is 34.4 Å². The molecule has 0 aromatic heterocycles. The van der Waals surface area contributed by atoms with Gasteiger partial charge in [-0.15, -0.1) is 0 Å². The van der Waals surface area contributed by atoms with Crippen LogP contribution in [-0.4, -0.2) is 67.3 Å². The van der Waals surface area contributed by atoms with Crippen molar-refractivity contribution in [2.75, 3.05) is 38.7 Å². The first-order valence-electron chi connectivity index (χ1n) is 13.8. The number of rotatable bonds is 18. The Labute approximate surface area is 242 Å². The minimum atomic E-state index is -0.905. The van der Waals surface area contributed by atoms with Crippen molar-refractivity contribution in [1.82, 2.24) is 5.32 Å². The summed E-state index contributed by atoms with van der Waals surface area (Å²) in [7, 11) is 0. The van der Waals surface area contributed by atoms with Gasteiger partial charge in [0.05, 0.1) is 19.6 Å². The molecule has 1 aromatic rings. The molecule has 0 fully saturated rings. The van der Waals surface area contributed by atoms with Crippen molar-refractivity contribution in [3.8, 4) is 0 Å². The van der Waals surface area contributed by atoms with Crippen molar-refractivity contribution in [1.29, 1.82) is 0 Å². The molecular formula is C31H43NO7S. The molecule has 0 spiro atoms. The molecule has 2 N–H and O–H groups in total. The molecule has 0 unspecified atom stereocenters. The van der Waals surface area contributed by atoms with E-state index in [9.17, 15) is 19.2 Å². The van der Waals surface area contributed by atoms with Crippen LogP contribution in [0.2, 0.25) is 0 Å². The monoisotopic (exact) mass is 573 g/mol. The van der Waals surface area contributed by atoms with Crippen LogP contribution in [0, 0.1) is 5.41 Å². The molecule has 0 aliphatic heterocycles. The maximum absolute atomic E-state index is 13.3. The lowest BCUT2D eigenvalue weighted by atomic mass is 9.70. The molecule has 0 saturated heterocycles. The number of amides is 1. The molecule has 8 nitrogen and oxygen atoms in total. The van der Waals surface area contributed by atoms with Gasteiger partial charge in [-0.1, -0.05) is 44.2 Å². The van der Waals surface area contributed by atoms with Gasteiger partial charge in [0, 0.05) is 66.1 Å². The lowest BCUT2D eigenvalue weighted by molar-refractivity contribution is -0.145. The Morgan fingerprint density at radius 1 is 0.975 bits per heavy atom. The van der Waals surface area contributed by atoms with Crippen LogP contribution in [0.5, 0.6) is 0 Å². The average Bonchev–Trinajstić information content (AvgIpc) is 2.91. The van der Waals surface area contributed by atoms with E-state index >= 15 is 0 Å². The number of esters is 1. The zero-order valence-corrected chi connectivity index (χ0v) is 25.0. The van der Waals surface area contributed by atoms with E-state index < -0.39 is 11.4 Å². The number of ether oxygens (including phenoxy) is 2. The number of hydrogen-bond acceptors (Lipinski definition) is 8. The maximum Gasteiger partial charge on any atom is 0.306 e. The van der Waals surface area contributed by atoms with Gasteiger partial charge >= 0.3 is 5.97 Å². The van der Waals surface area contributed by atoms with Crippen LogP contribution in [0.1, 0.15) is 65.4 Å². The molecule has 1 aliphatic carbocycles. The first kappa shape index (κ1) is 33.5. The third kappa shape index (κ3) is 10.7. The maximum atomic E-state index is 13.3. The Morgan fingerprint density at radius 2 is 1.70 bits per heavy atom. The summed E-state index contributed by atoms with van der Waals surface area (Å²) in [5.41, 5.74) is 1.66. The van der Waals surface area contributed by atoms with E-state index in [1.54, 1.807) is 27.7 Å². The third-order valence-corrected chi connectivity index (χ3v) is 7.81. The highest BCUT2D eigenvalue weighted by Crippen LogP contribution is 2.39. The second-order valence-electron chi connectivity index (χ2n) is 10.5. The predicted octanol–water partition coefficient (Wildman–Crippen LogP) is 4.35. The molecule has 1 amide bonds. The highest BCUT2D eigenvalue weighted by atomic mass is 32.2. The van der Waals surface area contributed by atoms with Gasteiger partial charge < -0.3 is 19.9 Å². The van der Waals surface area contributed by atoms with Gasteiger partial charge in [0.2, 0.25) is 5.91 Å². The van der Waals surface area contributed by atoms with Gasteiger partial charge in [-0.25, -0.2) is 0 Å². The number of benzene rings is 1. The summed E-state index contributed by atoms with van der Waals surface area (Å²) in [6.07, 6.45) is 1.46. The molecule has 40 heavy (non-hydrogen) atoms. The molecule has 220 valence electrons. The van der Waals surface area contributed by atoms with E-state index in [0.717, 1.165) is 17.9 Å². The van der Waals surface area contributed by atoms with Crippen LogP contribution < -0.4 is 5.32 Å². The van der Waals surface area contributed by atoms with Gasteiger partial charge in [0.15, 0.2) is 11.6 Å². The second kappa shape index (κ2) is 17.1. The summed E-state index contributed by atoms with van der Waals surface area (Å²) in [6, 6.07) is 10.3. The molecule has 1 aliphatic rings. The zero-order chi connectivity index (χ0) is 29.5. The molecule has 0 radical (unpaired) electrons. The van der Waals surface area contributed by atoms with Gasteiger partial charge in [-0.2, -0.15) is 11.8 Å². The van der Waals surface area contributed by atoms with E-state index in [-0.39, 0.29) is 49.9 Å². The highest BCUT2D eigenvalue weighted by Gasteiger charge is 2.39. The molecule has 2 rings (SSSR count). The Balaban J connectivity index is 1.73. The van der Waals surface area contributed by atoms with Gasteiger partial charge in [-0.3, -0.25) is 19.2 Å². The molecule has 0 saturated carbocycles. The lowest BCUT2D eigenvalue weighted by Crippen LogP contribution is -2.33. The number of allylic oxidation sites excluding steroid dienone is 4. The number of carbonyl (C=O) groups excluding carboxylic acids is 4. The molecule has 0 atom stereocenters. The Bertz CT molecular complexity index is 1090.